The summed E-state index contributed by atoms with van der Waals surface area (Å²) in [6.45, 7) is 6.40. The fourth-order valence-electron chi connectivity index (χ4n) is 1.78. The summed E-state index contributed by atoms with van der Waals surface area (Å²) in [5.41, 5.74) is 0.365. The minimum atomic E-state index is -0.687. The minimum Gasteiger partial charge on any atom is -0.497 e. The zero-order valence-corrected chi connectivity index (χ0v) is 12.5. The molecule has 2 atom stereocenters. The number of ether oxygens (including phenoxy) is 2. The summed E-state index contributed by atoms with van der Waals surface area (Å²) in [4.78, 5) is 0. The Labute approximate surface area is 115 Å². The second-order valence-electron chi connectivity index (χ2n) is 5.06. The Morgan fingerprint density at radius 3 is 2.53 bits per heavy atom. The van der Waals surface area contributed by atoms with Gasteiger partial charge in [0.15, 0.2) is 0 Å². The van der Waals surface area contributed by atoms with Gasteiger partial charge in [-0.25, -0.2) is 0 Å². The molecular weight excluding hydrogens is 242 g/mol. The lowest BCUT2D eigenvalue weighted by atomic mass is 10.0. The first-order valence-electron chi connectivity index (χ1n) is 6.61. The molecule has 1 aromatic rings. The Bertz CT molecular complexity index is 404. The van der Waals surface area contributed by atoms with Crippen LogP contribution in [0, 0.1) is 0 Å². The van der Waals surface area contributed by atoms with E-state index >= 15 is 0 Å². The standard InChI is InChI=1S/C15H25NO3/c1-6-15(3,17)10-16-11(2)13-8-7-12(18-4)9-14(13)19-5/h7-9,11,16-17H,6,10H2,1-5H3. The van der Waals surface area contributed by atoms with Crippen LogP contribution in [0.1, 0.15) is 38.8 Å². The first kappa shape index (κ1) is 15.8. The van der Waals surface area contributed by atoms with E-state index in [9.17, 15) is 5.11 Å². The second-order valence-corrected chi connectivity index (χ2v) is 5.06. The highest BCUT2D eigenvalue weighted by atomic mass is 16.5. The molecule has 0 fully saturated rings. The van der Waals surface area contributed by atoms with Crippen molar-refractivity contribution in [2.45, 2.75) is 38.8 Å². The summed E-state index contributed by atoms with van der Waals surface area (Å²) >= 11 is 0. The Morgan fingerprint density at radius 2 is 2.00 bits per heavy atom. The molecule has 1 rings (SSSR count). The molecule has 0 aliphatic carbocycles. The highest BCUT2D eigenvalue weighted by Gasteiger charge is 2.20. The van der Waals surface area contributed by atoms with Crippen molar-refractivity contribution in [3.63, 3.8) is 0 Å². The monoisotopic (exact) mass is 267 g/mol. The molecular formula is C15H25NO3. The molecule has 4 nitrogen and oxygen atoms in total. The summed E-state index contributed by atoms with van der Waals surface area (Å²) in [6.07, 6.45) is 0.715. The van der Waals surface area contributed by atoms with E-state index in [0.29, 0.717) is 13.0 Å². The lowest BCUT2D eigenvalue weighted by Crippen LogP contribution is -2.38. The van der Waals surface area contributed by atoms with E-state index in [0.717, 1.165) is 17.1 Å². The predicted molar refractivity (Wildman–Crippen MR) is 76.9 cm³/mol. The molecule has 0 radical (unpaired) electrons. The molecule has 0 amide bonds. The Morgan fingerprint density at radius 1 is 1.32 bits per heavy atom. The average Bonchev–Trinajstić information content (AvgIpc) is 2.44. The van der Waals surface area contributed by atoms with E-state index in [2.05, 4.69) is 12.2 Å². The first-order chi connectivity index (χ1) is 8.93. The van der Waals surface area contributed by atoms with Crippen LogP contribution in [0.15, 0.2) is 18.2 Å². The van der Waals surface area contributed by atoms with Gasteiger partial charge >= 0.3 is 0 Å². The summed E-state index contributed by atoms with van der Waals surface area (Å²) < 4.78 is 10.6. The zero-order valence-electron chi connectivity index (χ0n) is 12.5. The molecule has 0 heterocycles. The third-order valence-electron chi connectivity index (χ3n) is 3.46. The maximum Gasteiger partial charge on any atom is 0.127 e. The Balaban J connectivity index is 2.79. The molecule has 0 aliphatic rings. The van der Waals surface area contributed by atoms with Crippen molar-refractivity contribution in [3.8, 4) is 11.5 Å². The maximum absolute atomic E-state index is 10.0. The van der Waals surface area contributed by atoms with E-state index < -0.39 is 5.60 Å². The van der Waals surface area contributed by atoms with Gasteiger partial charge in [-0.1, -0.05) is 13.0 Å². The van der Waals surface area contributed by atoms with Crippen molar-refractivity contribution in [2.24, 2.45) is 0 Å². The van der Waals surface area contributed by atoms with Crippen LogP contribution in [-0.2, 0) is 0 Å². The molecule has 0 aliphatic heterocycles. The van der Waals surface area contributed by atoms with Crippen molar-refractivity contribution in [2.75, 3.05) is 20.8 Å². The molecule has 0 saturated heterocycles. The van der Waals surface area contributed by atoms with Gasteiger partial charge in [0.1, 0.15) is 11.5 Å². The van der Waals surface area contributed by atoms with E-state index in [1.54, 1.807) is 14.2 Å². The normalized spacial score (nSPS) is 15.7. The van der Waals surface area contributed by atoms with Crippen LogP contribution in [0.2, 0.25) is 0 Å². The first-order valence-corrected chi connectivity index (χ1v) is 6.61. The van der Waals surface area contributed by atoms with Gasteiger partial charge in [0, 0.05) is 24.2 Å². The third kappa shape index (κ3) is 4.40. The lowest BCUT2D eigenvalue weighted by Gasteiger charge is -2.25. The lowest BCUT2D eigenvalue weighted by molar-refractivity contribution is 0.0533. The summed E-state index contributed by atoms with van der Waals surface area (Å²) in [7, 11) is 3.28. The van der Waals surface area contributed by atoms with E-state index in [4.69, 9.17) is 9.47 Å². The van der Waals surface area contributed by atoms with Crippen LogP contribution < -0.4 is 14.8 Å². The van der Waals surface area contributed by atoms with Crippen molar-refractivity contribution in [3.05, 3.63) is 23.8 Å². The molecule has 1 aromatic carbocycles. The van der Waals surface area contributed by atoms with Crippen LogP contribution in [0.4, 0.5) is 0 Å². The molecule has 0 aromatic heterocycles. The molecule has 0 saturated carbocycles. The van der Waals surface area contributed by atoms with E-state index in [1.807, 2.05) is 32.0 Å². The van der Waals surface area contributed by atoms with Gasteiger partial charge in [-0.05, 0) is 26.3 Å². The number of hydrogen-bond acceptors (Lipinski definition) is 4. The van der Waals surface area contributed by atoms with E-state index in [1.165, 1.54) is 0 Å². The Hall–Kier alpha value is -1.26. The third-order valence-corrected chi connectivity index (χ3v) is 3.46. The topological polar surface area (TPSA) is 50.7 Å². The molecule has 4 heteroatoms. The summed E-state index contributed by atoms with van der Waals surface area (Å²) in [5, 5.41) is 13.3. The molecule has 2 N–H and O–H groups in total. The van der Waals surface area contributed by atoms with Gasteiger partial charge in [0.2, 0.25) is 0 Å². The van der Waals surface area contributed by atoms with Gasteiger partial charge in [-0.15, -0.1) is 0 Å². The van der Waals surface area contributed by atoms with Crippen LogP contribution >= 0.6 is 0 Å². The van der Waals surface area contributed by atoms with Crippen molar-refractivity contribution in [1.29, 1.82) is 0 Å². The summed E-state index contributed by atoms with van der Waals surface area (Å²) in [6, 6.07) is 5.86. The number of hydrogen-bond donors (Lipinski definition) is 2. The number of methoxy groups -OCH3 is 2. The van der Waals surface area contributed by atoms with Gasteiger partial charge in [-0.2, -0.15) is 0 Å². The molecule has 0 bridgehead atoms. The fraction of sp³-hybridized carbons (Fsp3) is 0.600. The number of benzene rings is 1. The molecule has 2 unspecified atom stereocenters. The Kier molecular flexibility index (Phi) is 5.63. The SMILES string of the molecule is CCC(C)(O)CNC(C)c1ccc(OC)cc1OC. The predicted octanol–water partition coefficient (Wildman–Crippen LogP) is 2.52. The van der Waals surface area contributed by atoms with Crippen LogP contribution in [-0.4, -0.2) is 31.5 Å². The molecule has 0 spiro atoms. The van der Waals surface area contributed by atoms with Gasteiger partial charge in [0.25, 0.3) is 0 Å². The van der Waals surface area contributed by atoms with Crippen molar-refractivity contribution >= 4 is 0 Å². The average molecular weight is 267 g/mol. The quantitative estimate of drug-likeness (QED) is 0.797. The number of rotatable bonds is 7. The van der Waals surface area contributed by atoms with Crippen LogP contribution in [0.5, 0.6) is 11.5 Å². The number of aliphatic hydroxyl groups is 1. The van der Waals surface area contributed by atoms with Crippen LogP contribution in [0.3, 0.4) is 0 Å². The van der Waals surface area contributed by atoms with Crippen molar-refractivity contribution < 1.29 is 14.6 Å². The highest BCUT2D eigenvalue weighted by Crippen LogP contribution is 2.29. The molecule has 19 heavy (non-hydrogen) atoms. The summed E-state index contributed by atoms with van der Waals surface area (Å²) in [5.74, 6) is 1.56. The fourth-order valence-corrected chi connectivity index (χ4v) is 1.78. The van der Waals surface area contributed by atoms with Gasteiger partial charge < -0.3 is 19.9 Å². The second kappa shape index (κ2) is 6.78. The largest absolute Gasteiger partial charge is 0.497 e. The van der Waals surface area contributed by atoms with Gasteiger partial charge in [0.05, 0.1) is 19.8 Å². The maximum atomic E-state index is 10.0. The number of nitrogens with one attached hydrogen (secondary N) is 1. The molecule has 108 valence electrons. The van der Waals surface area contributed by atoms with Crippen LogP contribution in [0.25, 0.3) is 0 Å². The minimum absolute atomic E-state index is 0.0962. The zero-order chi connectivity index (χ0) is 14.5. The highest BCUT2D eigenvalue weighted by molar-refractivity contribution is 5.42. The van der Waals surface area contributed by atoms with E-state index in [-0.39, 0.29) is 6.04 Å². The smallest absolute Gasteiger partial charge is 0.127 e. The van der Waals surface area contributed by atoms with Crippen molar-refractivity contribution in [1.82, 2.24) is 5.32 Å². The van der Waals surface area contributed by atoms with Gasteiger partial charge in [-0.3, -0.25) is 0 Å².